The van der Waals surface area contributed by atoms with Gasteiger partial charge in [-0.3, -0.25) is 4.79 Å². The molecule has 5 nitrogen and oxygen atoms in total. The van der Waals surface area contributed by atoms with Gasteiger partial charge in [-0.15, -0.1) is 0 Å². The van der Waals surface area contributed by atoms with Gasteiger partial charge in [0.05, 0.1) is 13.2 Å². The summed E-state index contributed by atoms with van der Waals surface area (Å²) in [6, 6.07) is 11.8. The number of hydrogen-bond donors (Lipinski definition) is 1. The number of carbonyl (C=O) groups excluding carboxylic acids is 1. The van der Waals surface area contributed by atoms with Crippen molar-refractivity contribution in [3.05, 3.63) is 53.1 Å². The van der Waals surface area contributed by atoms with E-state index < -0.39 is 0 Å². The molecule has 0 atom stereocenters. The van der Waals surface area contributed by atoms with Gasteiger partial charge in [-0.25, -0.2) is 0 Å². The fourth-order valence-corrected chi connectivity index (χ4v) is 2.84. The maximum absolute atomic E-state index is 12.2. The number of benzene rings is 2. The van der Waals surface area contributed by atoms with Crippen molar-refractivity contribution in [3.63, 3.8) is 0 Å². The lowest BCUT2D eigenvalue weighted by Crippen LogP contribution is -2.28. The molecular weight excluding hydrogens is 354 g/mol. The predicted octanol–water partition coefficient (Wildman–Crippen LogP) is 4.61. The van der Waals surface area contributed by atoms with Gasteiger partial charge in [0.1, 0.15) is 5.75 Å². The van der Waals surface area contributed by atoms with E-state index in [9.17, 15) is 4.79 Å². The van der Waals surface area contributed by atoms with Crippen molar-refractivity contribution >= 4 is 5.91 Å². The zero-order chi connectivity index (χ0) is 20.5. The second-order valence-corrected chi connectivity index (χ2v) is 6.91. The zero-order valence-electron chi connectivity index (χ0n) is 17.5. The summed E-state index contributed by atoms with van der Waals surface area (Å²) in [5.74, 6) is 2.34. The van der Waals surface area contributed by atoms with E-state index >= 15 is 0 Å². The quantitative estimate of drug-likeness (QED) is 0.649. The summed E-state index contributed by atoms with van der Waals surface area (Å²) in [5.41, 5.74) is 3.16. The van der Waals surface area contributed by atoms with Gasteiger partial charge in [-0.2, -0.15) is 0 Å². The first-order valence-electron chi connectivity index (χ1n) is 9.83. The van der Waals surface area contributed by atoms with E-state index in [0.717, 1.165) is 22.4 Å². The second kappa shape index (κ2) is 10.6. The summed E-state index contributed by atoms with van der Waals surface area (Å²) in [6.45, 7) is 11.6. The first kappa shape index (κ1) is 21.6. The summed E-state index contributed by atoms with van der Waals surface area (Å²) in [7, 11) is 0. The Balaban J connectivity index is 1.94. The highest BCUT2D eigenvalue weighted by Gasteiger charge is 2.11. The SMILES string of the molecule is CCOc1ccc(CNC(=O)COc2cc(C)ccc2C(C)C)cc1OCC. The first-order valence-corrected chi connectivity index (χ1v) is 9.83. The molecule has 0 bridgehead atoms. The molecule has 0 unspecified atom stereocenters. The minimum Gasteiger partial charge on any atom is -0.490 e. The minimum absolute atomic E-state index is 0.0154. The lowest BCUT2D eigenvalue weighted by Gasteiger charge is -2.15. The third-order valence-electron chi connectivity index (χ3n) is 4.25. The smallest absolute Gasteiger partial charge is 0.258 e. The third kappa shape index (κ3) is 6.19. The Morgan fingerprint density at radius 2 is 1.64 bits per heavy atom. The van der Waals surface area contributed by atoms with E-state index in [2.05, 4.69) is 31.3 Å². The number of rotatable bonds is 10. The Bertz CT molecular complexity index is 786. The molecule has 0 saturated heterocycles. The predicted molar refractivity (Wildman–Crippen MR) is 111 cm³/mol. The zero-order valence-corrected chi connectivity index (χ0v) is 17.5. The average molecular weight is 386 g/mol. The third-order valence-corrected chi connectivity index (χ3v) is 4.25. The Morgan fingerprint density at radius 1 is 0.929 bits per heavy atom. The highest BCUT2D eigenvalue weighted by atomic mass is 16.5. The Hall–Kier alpha value is -2.69. The van der Waals surface area contributed by atoms with Crippen molar-refractivity contribution < 1.29 is 19.0 Å². The summed E-state index contributed by atoms with van der Waals surface area (Å²) in [6.07, 6.45) is 0. The molecule has 0 aliphatic carbocycles. The van der Waals surface area contributed by atoms with Crippen molar-refractivity contribution in [2.75, 3.05) is 19.8 Å². The number of nitrogens with one attached hydrogen (secondary N) is 1. The number of aryl methyl sites for hydroxylation is 1. The molecule has 0 fully saturated rings. The van der Waals surface area contributed by atoms with Crippen LogP contribution in [-0.4, -0.2) is 25.7 Å². The largest absolute Gasteiger partial charge is 0.490 e. The molecule has 28 heavy (non-hydrogen) atoms. The molecule has 0 spiro atoms. The standard InChI is InChI=1S/C23H31NO4/c1-6-26-20-11-9-18(13-22(20)27-7-2)14-24-23(25)15-28-21-12-17(5)8-10-19(21)16(3)4/h8-13,16H,6-7,14-15H2,1-5H3,(H,24,25). The van der Waals surface area contributed by atoms with Crippen LogP contribution in [0.5, 0.6) is 17.2 Å². The Kier molecular flexibility index (Phi) is 8.18. The van der Waals surface area contributed by atoms with Crippen molar-refractivity contribution in [1.29, 1.82) is 0 Å². The van der Waals surface area contributed by atoms with Gasteiger partial charge in [-0.1, -0.05) is 32.0 Å². The van der Waals surface area contributed by atoms with E-state index in [1.165, 1.54) is 0 Å². The molecule has 2 rings (SSSR count). The summed E-state index contributed by atoms with van der Waals surface area (Å²) >= 11 is 0. The van der Waals surface area contributed by atoms with E-state index in [-0.39, 0.29) is 12.5 Å². The molecule has 0 aliphatic rings. The van der Waals surface area contributed by atoms with Crippen LogP contribution >= 0.6 is 0 Å². The molecule has 1 amide bonds. The van der Waals surface area contributed by atoms with Gasteiger partial charge >= 0.3 is 0 Å². The van der Waals surface area contributed by atoms with Gasteiger partial charge < -0.3 is 19.5 Å². The van der Waals surface area contributed by atoms with Gasteiger partial charge in [0.25, 0.3) is 5.91 Å². The van der Waals surface area contributed by atoms with Crippen LogP contribution in [0.2, 0.25) is 0 Å². The van der Waals surface area contributed by atoms with E-state index in [1.807, 2.05) is 45.0 Å². The van der Waals surface area contributed by atoms with Crippen molar-refractivity contribution in [2.45, 2.75) is 47.1 Å². The molecule has 152 valence electrons. The molecule has 0 saturated carbocycles. The number of amides is 1. The van der Waals surface area contributed by atoms with Crippen molar-refractivity contribution in [1.82, 2.24) is 5.32 Å². The van der Waals surface area contributed by atoms with Gasteiger partial charge in [-0.05, 0) is 61.6 Å². The maximum Gasteiger partial charge on any atom is 0.258 e. The monoisotopic (exact) mass is 385 g/mol. The van der Waals surface area contributed by atoms with Gasteiger partial charge in [0.15, 0.2) is 18.1 Å². The number of carbonyl (C=O) groups is 1. The normalized spacial score (nSPS) is 10.6. The molecule has 2 aromatic rings. The lowest BCUT2D eigenvalue weighted by atomic mass is 10.0. The molecular formula is C23H31NO4. The summed E-state index contributed by atoms with van der Waals surface area (Å²) in [4.78, 5) is 12.2. The van der Waals surface area contributed by atoms with Crippen LogP contribution in [0.15, 0.2) is 36.4 Å². The van der Waals surface area contributed by atoms with Gasteiger partial charge in [0.2, 0.25) is 0 Å². The fraction of sp³-hybridized carbons (Fsp3) is 0.435. The second-order valence-electron chi connectivity index (χ2n) is 6.91. The molecule has 0 aliphatic heterocycles. The average Bonchev–Trinajstić information content (AvgIpc) is 2.66. The molecule has 5 heteroatoms. The van der Waals surface area contributed by atoms with Crippen molar-refractivity contribution in [3.8, 4) is 17.2 Å². The van der Waals surface area contributed by atoms with Crippen LogP contribution in [0.3, 0.4) is 0 Å². The number of ether oxygens (including phenoxy) is 3. The fourth-order valence-electron chi connectivity index (χ4n) is 2.84. The lowest BCUT2D eigenvalue weighted by molar-refractivity contribution is -0.123. The molecule has 0 aromatic heterocycles. The van der Waals surface area contributed by atoms with Crippen LogP contribution in [0.4, 0.5) is 0 Å². The highest BCUT2D eigenvalue weighted by molar-refractivity contribution is 5.77. The van der Waals surface area contributed by atoms with Crippen molar-refractivity contribution in [2.24, 2.45) is 0 Å². The topological polar surface area (TPSA) is 56.8 Å². The van der Waals surface area contributed by atoms with Crippen LogP contribution < -0.4 is 19.5 Å². The Labute approximate surface area is 168 Å². The summed E-state index contributed by atoms with van der Waals surface area (Å²) < 4.78 is 17.0. The molecule has 0 radical (unpaired) electrons. The van der Waals surface area contributed by atoms with E-state index in [4.69, 9.17) is 14.2 Å². The van der Waals surface area contributed by atoms with E-state index in [0.29, 0.717) is 37.2 Å². The van der Waals surface area contributed by atoms with Crippen LogP contribution in [0.1, 0.15) is 50.3 Å². The van der Waals surface area contributed by atoms with Crippen LogP contribution in [0, 0.1) is 6.92 Å². The maximum atomic E-state index is 12.2. The molecule has 0 heterocycles. The van der Waals surface area contributed by atoms with Crippen LogP contribution in [-0.2, 0) is 11.3 Å². The van der Waals surface area contributed by atoms with Crippen LogP contribution in [0.25, 0.3) is 0 Å². The first-order chi connectivity index (χ1) is 13.4. The Morgan fingerprint density at radius 3 is 2.32 bits per heavy atom. The van der Waals surface area contributed by atoms with E-state index in [1.54, 1.807) is 0 Å². The highest BCUT2D eigenvalue weighted by Crippen LogP contribution is 2.29. The number of hydrogen-bond acceptors (Lipinski definition) is 4. The minimum atomic E-state index is -0.164. The molecule has 2 aromatic carbocycles. The molecule has 1 N–H and O–H groups in total. The summed E-state index contributed by atoms with van der Waals surface area (Å²) in [5, 5.41) is 2.89. The van der Waals surface area contributed by atoms with Gasteiger partial charge in [0, 0.05) is 6.54 Å².